The highest BCUT2D eigenvalue weighted by Gasteiger charge is 2.32. The van der Waals surface area contributed by atoms with Crippen LogP contribution in [0.1, 0.15) is 64.5 Å². The number of hydrogen-bond acceptors (Lipinski definition) is 8. The summed E-state index contributed by atoms with van der Waals surface area (Å²) in [6, 6.07) is 14.4. The molecule has 202 valence electrons. The number of hydrogen-bond donors (Lipinski definition) is 1. The highest BCUT2D eigenvalue weighted by Crippen LogP contribution is 2.37. The molecular formula is C30H38N4O4. The van der Waals surface area contributed by atoms with Gasteiger partial charge in [0.1, 0.15) is 17.7 Å². The molecule has 1 atom stereocenters. The second-order valence-electron chi connectivity index (χ2n) is 11.0. The number of rotatable bonds is 10. The Morgan fingerprint density at radius 1 is 1.13 bits per heavy atom. The van der Waals surface area contributed by atoms with Gasteiger partial charge in [0.05, 0.1) is 24.8 Å². The molecular weight excluding hydrogens is 480 g/mol. The van der Waals surface area contributed by atoms with Gasteiger partial charge in [-0.1, -0.05) is 30.3 Å². The van der Waals surface area contributed by atoms with Gasteiger partial charge in [0.2, 0.25) is 0 Å². The number of benzene rings is 2. The summed E-state index contributed by atoms with van der Waals surface area (Å²) >= 11 is 0. The van der Waals surface area contributed by atoms with Crippen LogP contribution in [0.25, 0.3) is 10.9 Å². The molecule has 5 rings (SSSR count). The highest BCUT2D eigenvalue weighted by molar-refractivity contribution is 5.91. The number of anilines is 1. The number of nitrogens with one attached hydrogen (secondary N) is 1. The van der Waals surface area contributed by atoms with Gasteiger partial charge in [0.15, 0.2) is 11.5 Å². The summed E-state index contributed by atoms with van der Waals surface area (Å²) in [4.78, 5) is 23.2. The first-order valence-corrected chi connectivity index (χ1v) is 13.7. The first-order valence-electron chi connectivity index (χ1n) is 13.7. The normalized spacial score (nSPS) is 18.8. The van der Waals surface area contributed by atoms with Crippen molar-refractivity contribution in [2.24, 2.45) is 0 Å². The third-order valence-corrected chi connectivity index (χ3v) is 7.17. The van der Waals surface area contributed by atoms with Crippen molar-refractivity contribution in [1.82, 2.24) is 14.9 Å². The number of nitrogens with zero attached hydrogens (tertiary/aromatic N) is 3. The lowest BCUT2D eigenvalue weighted by Gasteiger charge is -2.37. The molecule has 0 amide bonds. The smallest absolute Gasteiger partial charge is 0.320 e. The molecule has 1 aliphatic carbocycles. The van der Waals surface area contributed by atoms with Crippen LogP contribution in [0, 0.1) is 0 Å². The summed E-state index contributed by atoms with van der Waals surface area (Å²) in [5.74, 6) is 2.02. The number of carbonyl (C=O) groups is 1. The lowest BCUT2D eigenvalue weighted by Crippen LogP contribution is -2.51. The van der Waals surface area contributed by atoms with E-state index in [1.54, 1.807) is 6.33 Å². The van der Waals surface area contributed by atoms with E-state index < -0.39 is 5.60 Å². The Balaban J connectivity index is 1.33. The number of cyclic esters (lactones) is 1. The van der Waals surface area contributed by atoms with Crippen LogP contribution in [0.15, 0.2) is 48.8 Å². The average Bonchev–Trinajstić information content (AvgIpc) is 3.39. The number of esters is 1. The van der Waals surface area contributed by atoms with E-state index in [2.05, 4.69) is 39.2 Å². The maximum atomic E-state index is 11.9. The number of aromatic nitrogens is 2. The minimum atomic E-state index is -0.461. The van der Waals surface area contributed by atoms with E-state index >= 15 is 0 Å². The SMILES string of the molecule is CC(Nc1ncnc2cc(OC3CCCC3)c(OCCCN3CC(=O)OC(C)(C)C3)cc12)c1ccccc1. The molecule has 1 saturated heterocycles. The summed E-state index contributed by atoms with van der Waals surface area (Å²) in [7, 11) is 0. The van der Waals surface area contributed by atoms with Crippen molar-refractivity contribution in [2.75, 3.05) is 31.6 Å². The summed E-state index contributed by atoms with van der Waals surface area (Å²) in [6.07, 6.45) is 7.08. The Morgan fingerprint density at radius 2 is 1.92 bits per heavy atom. The van der Waals surface area contributed by atoms with E-state index in [0.717, 1.165) is 54.8 Å². The predicted molar refractivity (Wildman–Crippen MR) is 148 cm³/mol. The standard InChI is InChI=1S/C30H38N4O4/c1-21(22-10-5-4-6-11-22)33-29-24-16-26(36-15-9-14-34-18-28(35)38-30(2,3)19-34)27(17-25(24)31-20-32-29)37-23-12-7-8-13-23/h4-6,10-11,16-17,20-21,23H,7-9,12-15,18-19H2,1-3H3,(H,31,32,33). The zero-order chi connectivity index (χ0) is 26.5. The van der Waals surface area contributed by atoms with Crippen molar-refractivity contribution in [3.8, 4) is 11.5 Å². The van der Waals surface area contributed by atoms with E-state index in [1.807, 2.05) is 44.2 Å². The van der Waals surface area contributed by atoms with Crippen LogP contribution in [0.5, 0.6) is 11.5 Å². The molecule has 8 heteroatoms. The van der Waals surface area contributed by atoms with Crippen LogP contribution in [-0.4, -0.2) is 58.8 Å². The maximum Gasteiger partial charge on any atom is 0.320 e. The number of morpholine rings is 1. The van der Waals surface area contributed by atoms with Gasteiger partial charge in [-0.15, -0.1) is 0 Å². The second-order valence-corrected chi connectivity index (χ2v) is 11.0. The first kappa shape index (κ1) is 26.2. The van der Waals surface area contributed by atoms with Crippen molar-refractivity contribution in [3.05, 3.63) is 54.4 Å². The molecule has 1 aromatic heterocycles. The molecule has 2 aliphatic rings. The van der Waals surface area contributed by atoms with Crippen molar-refractivity contribution < 1.29 is 19.0 Å². The van der Waals surface area contributed by atoms with Crippen LogP contribution < -0.4 is 14.8 Å². The lowest BCUT2D eigenvalue weighted by atomic mass is 10.1. The molecule has 1 N–H and O–H groups in total. The van der Waals surface area contributed by atoms with Gasteiger partial charge in [-0.2, -0.15) is 0 Å². The van der Waals surface area contributed by atoms with Crippen LogP contribution in [0.4, 0.5) is 5.82 Å². The highest BCUT2D eigenvalue weighted by atomic mass is 16.6. The Bertz CT molecular complexity index is 1240. The number of ether oxygens (including phenoxy) is 3. The molecule has 1 saturated carbocycles. The molecule has 8 nitrogen and oxygen atoms in total. The molecule has 1 unspecified atom stereocenters. The summed E-state index contributed by atoms with van der Waals surface area (Å²) in [6.45, 7) is 8.32. The first-order chi connectivity index (χ1) is 18.4. The molecule has 3 aromatic rings. The topological polar surface area (TPSA) is 85.8 Å². The van der Waals surface area contributed by atoms with Crippen LogP contribution in [-0.2, 0) is 9.53 Å². The lowest BCUT2D eigenvalue weighted by molar-refractivity contribution is -0.169. The zero-order valence-corrected chi connectivity index (χ0v) is 22.6. The van der Waals surface area contributed by atoms with E-state index in [-0.39, 0.29) is 18.1 Å². The fraction of sp³-hybridized carbons (Fsp3) is 0.500. The summed E-state index contributed by atoms with van der Waals surface area (Å²) < 4.78 is 18.2. The molecule has 0 bridgehead atoms. The van der Waals surface area contributed by atoms with E-state index in [4.69, 9.17) is 14.2 Å². The Kier molecular flexibility index (Phi) is 7.98. The average molecular weight is 519 g/mol. The molecule has 0 radical (unpaired) electrons. The van der Waals surface area contributed by atoms with E-state index in [9.17, 15) is 4.79 Å². The molecule has 2 aromatic carbocycles. The molecule has 1 aliphatic heterocycles. The minimum absolute atomic E-state index is 0.0774. The van der Waals surface area contributed by atoms with Gasteiger partial charge in [-0.25, -0.2) is 9.97 Å². The van der Waals surface area contributed by atoms with Crippen LogP contribution in [0.2, 0.25) is 0 Å². The van der Waals surface area contributed by atoms with Crippen molar-refractivity contribution >= 4 is 22.7 Å². The summed E-state index contributed by atoms with van der Waals surface area (Å²) in [5.41, 5.74) is 1.54. The molecule has 0 spiro atoms. The Labute approximate surface area is 224 Å². The fourth-order valence-corrected chi connectivity index (χ4v) is 5.38. The molecule has 2 heterocycles. The molecule has 2 fully saturated rings. The fourth-order valence-electron chi connectivity index (χ4n) is 5.38. The van der Waals surface area contributed by atoms with Gasteiger partial charge in [-0.05, 0) is 64.5 Å². The largest absolute Gasteiger partial charge is 0.490 e. The maximum absolute atomic E-state index is 11.9. The number of carbonyl (C=O) groups excluding carboxylic acids is 1. The second kappa shape index (κ2) is 11.6. The Morgan fingerprint density at radius 3 is 2.68 bits per heavy atom. The van der Waals surface area contributed by atoms with Crippen molar-refractivity contribution in [3.63, 3.8) is 0 Å². The quantitative estimate of drug-likeness (QED) is 0.277. The van der Waals surface area contributed by atoms with Gasteiger partial charge in [0.25, 0.3) is 0 Å². The zero-order valence-electron chi connectivity index (χ0n) is 22.6. The van der Waals surface area contributed by atoms with Crippen LogP contribution in [0.3, 0.4) is 0 Å². The van der Waals surface area contributed by atoms with Gasteiger partial charge in [-0.3, -0.25) is 9.69 Å². The third kappa shape index (κ3) is 6.54. The van der Waals surface area contributed by atoms with Crippen LogP contribution >= 0.6 is 0 Å². The van der Waals surface area contributed by atoms with Crippen molar-refractivity contribution in [2.45, 2.75) is 70.6 Å². The Hall–Kier alpha value is -3.39. The monoisotopic (exact) mass is 518 g/mol. The van der Waals surface area contributed by atoms with E-state index in [0.29, 0.717) is 18.9 Å². The summed E-state index contributed by atoms with van der Waals surface area (Å²) in [5, 5.41) is 4.44. The third-order valence-electron chi connectivity index (χ3n) is 7.17. The minimum Gasteiger partial charge on any atom is -0.490 e. The van der Waals surface area contributed by atoms with E-state index in [1.165, 1.54) is 18.4 Å². The van der Waals surface area contributed by atoms with Gasteiger partial charge >= 0.3 is 5.97 Å². The number of fused-ring (bicyclic) bond motifs is 1. The van der Waals surface area contributed by atoms with Gasteiger partial charge < -0.3 is 19.5 Å². The predicted octanol–water partition coefficient (Wildman–Crippen LogP) is 5.53. The van der Waals surface area contributed by atoms with Gasteiger partial charge in [0, 0.05) is 30.6 Å². The molecule has 38 heavy (non-hydrogen) atoms. The van der Waals surface area contributed by atoms with Crippen molar-refractivity contribution in [1.29, 1.82) is 0 Å².